The molecule has 7 heteroatoms. The smallest absolute Gasteiger partial charge is 0.242 e. The van der Waals surface area contributed by atoms with Crippen molar-refractivity contribution >= 4 is 27.7 Å². The molecule has 166 valence electrons. The molecule has 6 nitrogen and oxygen atoms in total. The van der Waals surface area contributed by atoms with Gasteiger partial charge in [0, 0.05) is 24.0 Å². The fourth-order valence-corrected chi connectivity index (χ4v) is 3.66. The number of ether oxygens (including phenoxy) is 2. The summed E-state index contributed by atoms with van der Waals surface area (Å²) in [7, 11) is 0. The molecular formula is C24H29BrN2O4. The van der Waals surface area contributed by atoms with Gasteiger partial charge in [0.25, 0.3) is 0 Å². The van der Waals surface area contributed by atoms with E-state index in [2.05, 4.69) is 28.2 Å². The summed E-state index contributed by atoms with van der Waals surface area (Å²) in [5, 5.41) is 2.94. The second-order valence-corrected chi connectivity index (χ2v) is 8.57. The van der Waals surface area contributed by atoms with Crippen LogP contribution < -0.4 is 14.8 Å². The fourth-order valence-electron chi connectivity index (χ4n) is 3.40. The molecule has 0 radical (unpaired) electrons. The van der Waals surface area contributed by atoms with Crippen LogP contribution in [-0.4, -0.2) is 36.1 Å². The van der Waals surface area contributed by atoms with Crippen LogP contribution in [0.5, 0.6) is 11.5 Å². The molecule has 3 rings (SSSR count). The zero-order chi connectivity index (χ0) is 22.2. The zero-order valence-electron chi connectivity index (χ0n) is 18.0. The first-order chi connectivity index (χ1) is 15.0. The average Bonchev–Trinajstić information content (AvgIpc) is 3.24. The molecule has 1 heterocycles. The molecule has 0 fully saturated rings. The van der Waals surface area contributed by atoms with Gasteiger partial charge >= 0.3 is 0 Å². The SMILES string of the molecule is CCCCNC(=O)C(C)N(Cc1ccc(Br)cc1)C(=O)CCc1ccc2c(c1)OCO2. The lowest BCUT2D eigenvalue weighted by atomic mass is 10.1. The molecule has 1 atom stereocenters. The second-order valence-electron chi connectivity index (χ2n) is 7.66. The summed E-state index contributed by atoms with van der Waals surface area (Å²) in [5.74, 6) is 1.25. The van der Waals surface area contributed by atoms with Gasteiger partial charge in [0.2, 0.25) is 18.6 Å². The number of nitrogens with one attached hydrogen (secondary N) is 1. The number of fused-ring (bicyclic) bond motifs is 1. The first-order valence-corrected chi connectivity index (χ1v) is 11.5. The number of amides is 2. The van der Waals surface area contributed by atoms with Gasteiger partial charge in [-0.25, -0.2) is 0 Å². The summed E-state index contributed by atoms with van der Waals surface area (Å²) in [6.45, 7) is 5.10. The van der Waals surface area contributed by atoms with Crippen molar-refractivity contribution in [2.75, 3.05) is 13.3 Å². The number of hydrogen-bond acceptors (Lipinski definition) is 4. The Kier molecular flexibility index (Phi) is 8.35. The van der Waals surface area contributed by atoms with E-state index in [1.54, 1.807) is 11.8 Å². The molecule has 0 bridgehead atoms. The molecule has 1 N–H and O–H groups in total. The van der Waals surface area contributed by atoms with E-state index in [-0.39, 0.29) is 18.6 Å². The topological polar surface area (TPSA) is 67.9 Å². The minimum Gasteiger partial charge on any atom is -0.454 e. The average molecular weight is 489 g/mol. The standard InChI is InChI=1S/C24H29BrN2O4/c1-3-4-13-26-24(29)17(2)27(15-19-5-9-20(25)10-6-19)23(28)12-8-18-7-11-21-22(14-18)31-16-30-21/h5-7,9-11,14,17H,3-4,8,12-13,15-16H2,1-2H3,(H,26,29). The summed E-state index contributed by atoms with van der Waals surface area (Å²) in [6, 6.07) is 13.0. The predicted octanol–water partition coefficient (Wildman–Crippen LogP) is 4.44. The van der Waals surface area contributed by atoms with Crippen LogP contribution in [0.3, 0.4) is 0 Å². The molecule has 2 aromatic rings. The minimum atomic E-state index is -0.551. The molecule has 1 aliphatic heterocycles. The van der Waals surface area contributed by atoms with E-state index < -0.39 is 6.04 Å². The van der Waals surface area contributed by atoms with E-state index in [1.165, 1.54) is 0 Å². The molecule has 0 spiro atoms. The number of hydrogen-bond donors (Lipinski definition) is 1. The van der Waals surface area contributed by atoms with Gasteiger partial charge in [0.1, 0.15) is 6.04 Å². The lowest BCUT2D eigenvalue weighted by molar-refractivity contribution is -0.140. The number of carbonyl (C=O) groups excluding carboxylic acids is 2. The van der Waals surface area contributed by atoms with Crippen molar-refractivity contribution in [2.45, 2.75) is 52.1 Å². The number of carbonyl (C=O) groups is 2. The maximum atomic E-state index is 13.2. The van der Waals surface area contributed by atoms with Crippen LogP contribution in [0.25, 0.3) is 0 Å². The molecule has 0 saturated carbocycles. The highest BCUT2D eigenvalue weighted by Crippen LogP contribution is 2.32. The summed E-state index contributed by atoms with van der Waals surface area (Å²) in [6.07, 6.45) is 2.80. The number of nitrogens with zero attached hydrogens (tertiary/aromatic N) is 1. The van der Waals surface area contributed by atoms with Gasteiger partial charge in [-0.15, -0.1) is 0 Å². The van der Waals surface area contributed by atoms with Gasteiger partial charge < -0.3 is 19.7 Å². The predicted molar refractivity (Wildman–Crippen MR) is 123 cm³/mol. The largest absolute Gasteiger partial charge is 0.454 e. The van der Waals surface area contributed by atoms with Gasteiger partial charge in [0.05, 0.1) is 0 Å². The van der Waals surface area contributed by atoms with Crippen LogP contribution in [0.15, 0.2) is 46.9 Å². The molecule has 2 amide bonds. The second kappa shape index (κ2) is 11.2. The van der Waals surface area contributed by atoms with Crippen LogP contribution in [0.2, 0.25) is 0 Å². The highest BCUT2D eigenvalue weighted by molar-refractivity contribution is 9.10. The molecule has 1 unspecified atom stereocenters. The van der Waals surface area contributed by atoms with Gasteiger partial charge in [-0.3, -0.25) is 9.59 Å². The Hall–Kier alpha value is -2.54. The first-order valence-electron chi connectivity index (χ1n) is 10.7. The summed E-state index contributed by atoms with van der Waals surface area (Å²) in [5.41, 5.74) is 1.98. The Morgan fingerprint density at radius 3 is 2.55 bits per heavy atom. The van der Waals surface area contributed by atoms with Crippen molar-refractivity contribution in [2.24, 2.45) is 0 Å². The van der Waals surface area contributed by atoms with E-state index in [4.69, 9.17) is 9.47 Å². The maximum absolute atomic E-state index is 13.2. The highest BCUT2D eigenvalue weighted by atomic mass is 79.9. The molecule has 2 aromatic carbocycles. The van der Waals surface area contributed by atoms with Crippen LogP contribution in [-0.2, 0) is 22.6 Å². The van der Waals surface area contributed by atoms with Gasteiger partial charge in [0.15, 0.2) is 11.5 Å². The number of rotatable bonds is 10. The Balaban J connectivity index is 1.68. The lowest BCUT2D eigenvalue weighted by Gasteiger charge is -2.29. The molecule has 0 aromatic heterocycles. The Morgan fingerprint density at radius 2 is 1.81 bits per heavy atom. The van der Waals surface area contributed by atoms with Crippen molar-refractivity contribution in [3.63, 3.8) is 0 Å². The van der Waals surface area contributed by atoms with E-state index >= 15 is 0 Å². The third-order valence-electron chi connectivity index (χ3n) is 5.33. The lowest BCUT2D eigenvalue weighted by Crippen LogP contribution is -2.47. The molecule has 1 aliphatic rings. The van der Waals surface area contributed by atoms with E-state index in [1.807, 2.05) is 42.5 Å². The van der Waals surface area contributed by atoms with Crippen LogP contribution in [0.1, 0.15) is 44.2 Å². The molecule has 0 aliphatic carbocycles. The quantitative estimate of drug-likeness (QED) is 0.501. The van der Waals surface area contributed by atoms with Crippen molar-refractivity contribution in [1.29, 1.82) is 0 Å². The number of unbranched alkanes of at least 4 members (excludes halogenated alkanes) is 1. The normalized spacial score (nSPS) is 13.0. The number of benzene rings is 2. The number of aryl methyl sites for hydroxylation is 1. The summed E-state index contributed by atoms with van der Waals surface area (Å²) >= 11 is 3.44. The third-order valence-corrected chi connectivity index (χ3v) is 5.86. The Morgan fingerprint density at radius 1 is 1.10 bits per heavy atom. The summed E-state index contributed by atoms with van der Waals surface area (Å²) < 4.78 is 11.7. The molecule has 31 heavy (non-hydrogen) atoms. The van der Waals surface area contributed by atoms with Gasteiger partial charge in [-0.1, -0.05) is 47.5 Å². The monoisotopic (exact) mass is 488 g/mol. The molecular weight excluding hydrogens is 460 g/mol. The first kappa shape index (κ1) is 23.1. The van der Waals surface area contributed by atoms with Crippen LogP contribution in [0.4, 0.5) is 0 Å². The van der Waals surface area contributed by atoms with Gasteiger partial charge in [-0.05, 0) is 55.2 Å². The zero-order valence-corrected chi connectivity index (χ0v) is 19.6. The highest BCUT2D eigenvalue weighted by Gasteiger charge is 2.26. The minimum absolute atomic E-state index is 0.0567. The Bertz CT molecular complexity index is 901. The maximum Gasteiger partial charge on any atom is 0.242 e. The van der Waals surface area contributed by atoms with Crippen molar-refractivity contribution in [1.82, 2.24) is 10.2 Å². The van der Waals surface area contributed by atoms with E-state index in [0.717, 1.165) is 34.2 Å². The van der Waals surface area contributed by atoms with E-state index in [9.17, 15) is 9.59 Å². The van der Waals surface area contributed by atoms with Crippen LogP contribution >= 0.6 is 15.9 Å². The van der Waals surface area contributed by atoms with Crippen molar-refractivity contribution in [3.8, 4) is 11.5 Å². The summed E-state index contributed by atoms with van der Waals surface area (Å²) in [4.78, 5) is 27.5. The van der Waals surface area contributed by atoms with E-state index in [0.29, 0.717) is 31.7 Å². The van der Waals surface area contributed by atoms with Crippen molar-refractivity contribution < 1.29 is 19.1 Å². The fraction of sp³-hybridized carbons (Fsp3) is 0.417. The van der Waals surface area contributed by atoms with Crippen molar-refractivity contribution in [3.05, 3.63) is 58.1 Å². The number of halogens is 1. The van der Waals surface area contributed by atoms with Gasteiger partial charge in [-0.2, -0.15) is 0 Å². The third kappa shape index (κ3) is 6.47. The Labute approximate surface area is 192 Å². The molecule has 0 saturated heterocycles. The van der Waals surface area contributed by atoms with Crippen LogP contribution in [0, 0.1) is 0 Å².